The average molecular weight is 209 g/mol. The number of H-pyrrole nitrogens is 1. The zero-order valence-electron chi connectivity index (χ0n) is 7.66. The summed E-state index contributed by atoms with van der Waals surface area (Å²) in [6, 6.07) is 3.86. The van der Waals surface area contributed by atoms with Crippen LogP contribution in [0.15, 0.2) is 18.3 Å². The molecule has 0 aliphatic heterocycles. The van der Waals surface area contributed by atoms with Gasteiger partial charge in [-0.05, 0) is 18.6 Å². The third-order valence-electron chi connectivity index (χ3n) is 1.80. The third kappa shape index (κ3) is 1.75. The summed E-state index contributed by atoms with van der Waals surface area (Å²) in [5.74, 6) is 1.57. The van der Waals surface area contributed by atoms with Gasteiger partial charge in [-0.2, -0.15) is 5.10 Å². The molecule has 4 nitrogen and oxygen atoms in total. The monoisotopic (exact) mass is 208 g/mol. The summed E-state index contributed by atoms with van der Waals surface area (Å²) >= 11 is 5.60. The van der Waals surface area contributed by atoms with Crippen LogP contribution < -0.4 is 0 Å². The van der Waals surface area contributed by atoms with Gasteiger partial charge in [0.1, 0.15) is 11.5 Å². The number of aromatic amines is 1. The van der Waals surface area contributed by atoms with Crippen LogP contribution in [0.5, 0.6) is 0 Å². The molecule has 14 heavy (non-hydrogen) atoms. The molecule has 0 amide bonds. The number of aromatic nitrogens is 4. The SMILES string of the molecule is Cc1ccc(-c2n[nH]c(CCl)n2)nc1. The molecule has 0 atom stereocenters. The molecule has 5 heteroatoms. The van der Waals surface area contributed by atoms with Crippen LogP contribution >= 0.6 is 11.6 Å². The van der Waals surface area contributed by atoms with E-state index in [2.05, 4.69) is 20.2 Å². The van der Waals surface area contributed by atoms with Gasteiger partial charge in [-0.15, -0.1) is 11.6 Å². The minimum absolute atomic E-state index is 0.332. The summed E-state index contributed by atoms with van der Waals surface area (Å²) in [5, 5.41) is 6.74. The van der Waals surface area contributed by atoms with E-state index in [-0.39, 0.29) is 0 Å². The fraction of sp³-hybridized carbons (Fsp3) is 0.222. The Kier molecular flexibility index (Phi) is 2.45. The first-order valence-corrected chi connectivity index (χ1v) is 4.73. The summed E-state index contributed by atoms with van der Waals surface area (Å²) in [7, 11) is 0. The van der Waals surface area contributed by atoms with E-state index in [1.54, 1.807) is 6.20 Å². The number of hydrogen-bond donors (Lipinski definition) is 1. The molecule has 0 bridgehead atoms. The Morgan fingerprint density at radius 2 is 2.29 bits per heavy atom. The van der Waals surface area contributed by atoms with Gasteiger partial charge in [0.05, 0.1) is 5.88 Å². The van der Waals surface area contributed by atoms with E-state index in [1.807, 2.05) is 19.1 Å². The van der Waals surface area contributed by atoms with Crippen LogP contribution in [0.4, 0.5) is 0 Å². The minimum atomic E-state index is 0.332. The van der Waals surface area contributed by atoms with Crippen molar-refractivity contribution in [1.29, 1.82) is 0 Å². The number of aryl methyl sites for hydroxylation is 1. The Hall–Kier alpha value is -1.42. The molecule has 2 aromatic heterocycles. The number of halogens is 1. The zero-order chi connectivity index (χ0) is 9.97. The highest BCUT2D eigenvalue weighted by atomic mass is 35.5. The van der Waals surface area contributed by atoms with Gasteiger partial charge in [0, 0.05) is 6.20 Å². The fourth-order valence-electron chi connectivity index (χ4n) is 1.07. The maximum absolute atomic E-state index is 5.60. The Balaban J connectivity index is 2.34. The van der Waals surface area contributed by atoms with Crippen molar-refractivity contribution in [2.24, 2.45) is 0 Å². The van der Waals surface area contributed by atoms with Crippen LogP contribution in [0.1, 0.15) is 11.4 Å². The van der Waals surface area contributed by atoms with Crippen LogP contribution in [0.25, 0.3) is 11.5 Å². The summed E-state index contributed by atoms with van der Waals surface area (Å²) in [6.45, 7) is 1.99. The quantitative estimate of drug-likeness (QED) is 0.768. The van der Waals surface area contributed by atoms with Gasteiger partial charge in [0.2, 0.25) is 0 Å². The van der Waals surface area contributed by atoms with Gasteiger partial charge < -0.3 is 0 Å². The Morgan fingerprint density at radius 1 is 1.43 bits per heavy atom. The van der Waals surface area contributed by atoms with Gasteiger partial charge in [0.15, 0.2) is 5.82 Å². The van der Waals surface area contributed by atoms with E-state index in [9.17, 15) is 0 Å². The predicted molar refractivity (Wildman–Crippen MR) is 53.9 cm³/mol. The molecule has 0 saturated heterocycles. The van der Waals surface area contributed by atoms with Crippen molar-refractivity contribution in [3.05, 3.63) is 29.7 Å². The molecule has 0 aliphatic rings. The normalized spacial score (nSPS) is 10.4. The van der Waals surface area contributed by atoms with E-state index >= 15 is 0 Å². The van der Waals surface area contributed by atoms with Gasteiger partial charge in [-0.25, -0.2) is 4.98 Å². The lowest BCUT2D eigenvalue weighted by atomic mass is 10.3. The van der Waals surface area contributed by atoms with E-state index in [4.69, 9.17) is 11.6 Å². The number of rotatable bonds is 2. The lowest BCUT2D eigenvalue weighted by Gasteiger charge is -1.93. The van der Waals surface area contributed by atoms with Crippen molar-refractivity contribution in [2.75, 3.05) is 0 Å². The lowest BCUT2D eigenvalue weighted by molar-refractivity contribution is 1.02. The van der Waals surface area contributed by atoms with Crippen LogP contribution in [0.2, 0.25) is 0 Å². The Morgan fingerprint density at radius 3 is 2.86 bits per heavy atom. The maximum atomic E-state index is 5.60. The standard InChI is InChI=1S/C9H9ClN4/c1-6-2-3-7(11-5-6)9-12-8(4-10)13-14-9/h2-3,5H,4H2,1H3,(H,12,13,14). The summed E-state index contributed by atoms with van der Waals surface area (Å²) in [5.41, 5.74) is 1.87. The number of pyridine rings is 1. The molecule has 0 fully saturated rings. The predicted octanol–water partition coefficient (Wildman–Crippen LogP) is 1.91. The first-order valence-electron chi connectivity index (χ1n) is 4.20. The minimum Gasteiger partial charge on any atom is -0.262 e. The number of nitrogens with one attached hydrogen (secondary N) is 1. The highest BCUT2D eigenvalue weighted by molar-refractivity contribution is 6.16. The van der Waals surface area contributed by atoms with E-state index in [0.29, 0.717) is 17.5 Å². The molecule has 2 heterocycles. The van der Waals surface area contributed by atoms with Crippen molar-refractivity contribution >= 4 is 11.6 Å². The molecule has 0 unspecified atom stereocenters. The second-order valence-corrected chi connectivity index (χ2v) is 3.23. The lowest BCUT2D eigenvalue weighted by Crippen LogP contribution is -1.86. The number of nitrogens with zero attached hydrogens (tertiary/aromatic N) is 3. The molecule has 2 aromatic rings. The molecule has 0 spiro atoms. The molecule has 1 N–H and O–H groups in total. The van der Waals surface area contributed by atoms with Crippen molar-refractivity contribution < 1.29 is 0 Å². The van der Waals surface area contributed by atoms with E-state index in [0.717, 1.165) is 11.3 Å². The van der Waals surface area contributed by atoms with Crippen LogP contribution in [-0.2, 0) is 5.88 Å². The summed E-state index contributed by atoms with van der Waals surface area (Å²) < 4.78 is 0. The Bertz CT molecular complexity index is 421. The first-order chi connectivity index (χ1) is 6.79. The van der Waals surface area contributed by atoms with Gasteiger partial charge in [-0.3, -0.25) is 10.1 Å². The molecule has 0 saturated carbocycles. The molecular formula is C9H9ClN4. The smallest absolute Gasteiger partial charge is 0.199 e. The zero-order valence-corrected chi connectivity index (χ0v) is 8.41. The van der Waals surface area contributed by atoms with E-state index < -0.39 is 0 Å². The van der Waals surface area contributed by atoms with Crippen LogP contribution in [0, 0.1) is 6.92 Å². The van der Waals surface area contributed by atoms with Crippen molar-refractivity contribution in [1.82, 2.24) is 20.2 Å². The van der Waals surface area contributed by atoms with Crippen molar-refractivity contribution in [3.63, 3.8) is 0 Å². The van der Waals surface area contributed by atoms with Crippen molar-refractivity contribution in [3.8, 4) is 11.5 Å². The number of alkyl halides is 1. The molecular weight excluding hydrogens is 200 g/mol. The van der Waals surface area contributed by atoms with Gasteiger partial charge >= 0.3 is 0 Å². The maximum Gasteiger partial charge on any atom is 0.199 e. The van der Waals surface area contributed by atoms with Crippen LogP contribution in [-0.4, -0.2) is 20.2 Å². The molecule has 0 radical (unpaired) electrons. The molecule has 0 aromatic carbocycles. The van der Waals surface area contributed by atoms with Gasteiger partial charge in [0.25, 0.3) is 0 Å². The second-order valence-electron chi connectivity index (χ2n) is 2.96. The molecule has 2 rings (SSSR count). The topological polar surface area (TPSA) is 54.5 Å². The van der Waals surface area contributed by atoms with Crippen molar-refractivity contribution in [2.45, 2.75) is 12.8 Å². The average Bonchev–Trinajstić information content (AvgIpc) is 2.67. The molecule has 72 valence electrons. The van der Waals surface area contributed by atoms with Crippen LogP contribution in [0.3, 0.4) is 0 Å². The largest absolute Gasteiger partial charge is 0.262 e. The third-order valence-corrected chi connectivity index (χ3v) is 2.05. The molecule has 0 aliphatic carbocycles. The second kappa shape index (κ2) is 3.75. The number of hydrogen-bond acceptors (Lipinski definition) is 3. The fourth-order valence-corrected chi connectivity index (χ4v) is 1.19. The summed E-state index contributed by atoms with van der Waals surface area (Å²) in [6.07, 6.45) is 1.78. The Labute approximate surface area is 86.4 Å². The van der Waals surface area contributed by atoms with E-state index in [1.165, 1.54) is 0 Å². The first kappa shape index (κ1) is 9.15. The van der Waals surface area contributed by atoms with Gasteiger partial charge in [-0.1, -0.05) is 6.07 Å². The highest BCUT2D eigenvalue weighted by Gasteiger charge is 2.05. The highest BCUT2D eigenvalue weighted by Crippen LogP contribution is 2.11. The summed E-state index contributed by atoms with van der Waals surface area (Å²) in [4.78, 5) is 8.38.